The molecule has 1 N–H and O–H groups in total. The number of dihydropyridines is 1. The molecule has 1 unspecified atom stereocenters. The molecule has 3 heterocycles. The summed E-state index contributed by atoms with van der Waals surface area (Å²) in [6.45, 7) is 8.21. The third kappa shape index (κ3) is 2.63. The second-order valence-electron chi connectivity index (χ2n) is 6.49. The Bertz CT molecular complexity index is 562. The Kier molecular flexibility index (Phi) is 3.42. The van der Waals surface area contributed by atoms with E-state index in [1.54, 1.807) is 0 Å². The van der Waals surface area contributed by atoms with Crippen molar-refractivity contribution in [2.24, 2.45) is 0 Å². The van der Waals surface area contributed by atoms with Crippen LogP contribution in [0.2, 0.25) is 0 Å². The van der Waals surface area contributed by atoms with Crippen LogP contribution in [0.25, 0.3) is 0 Å². The van der Waals surface area contributed by atoms with Crippen LogP contribution in [-0.4, -0.2) is 23.3 Å². The largest absolute Gasteiger partial charge is 0.496 e. The highest BCUT2D eigenvalue weighted by atomic mass is 16.7. The van der Waals surface area contributed by atoms with Gasteiger partial charge in [0.05, 0.1) is 22.9 Å². The van der Waals surface area contributed by atoms with Gasteiger partial charge in [-0.2, -0.15) is 0 Å². The van der Waals surface area contributed by atoms with Crippen LogP contribution in [-0.2, 0) is 9.31 Å². The lowest BCUT2D eigenvalue weighted by Gasteiger charge is -2.32. The highest BCUT2D eigenvalue weighted by molar-refractivity contribution is 6.62. The van der Waals surface area contributed by atoms with Gasteiger partial charge in [-0.05, 0) is 46.0 Å². The van der Waals surface area contributed by atoms with Crippen LogP contribution >= 0.6 is 0 Å². The molecule has 0 radical (unpaired) electrons. The Labute approximate surface area is 126 Å². The van der Waals surface area contributed by atoms with Gasteiger partial charge in [-0.1, -0.05) is 18.2 Å². The van der Waals surface area contributed by atoms with Crippen molar-refractivity contribution >= 4 is 12.6 Å². The molecule has 110 valence electrons. The zero-order valence-corrected chi connectivity index (χ0v) is 13.0. The third-order valence-electron chi connectivity index (χ3n) is 4.44. The summed E-state index contributed by atoms with van der Waals surface area (Å²) in [5.74, 6) is 0. The van der Waals surface area contributed by atoms with Crippen molar-refractivity contribution in [1.29, 1.82) is 0 Å². The summed E-state index contributed by atoms with van der Waals surface area (Å²) in [6, 6.07) is 4.17. The average Bonchev–Trinajstić information content (AvgIpc) is 2.69. The Morgan fingerprint density at radius 3 is 2.33 bits per heavy atom. The summed E-state index contributed by atoms with van der Waals surface area (Å²) in [5, 5.41) is 3.26. The molecule has 0 aromatic carbocycles. The Morgan fingerprint density at radius 1 is 1.10 bits per heavy atom. The Hall–Kier alpha value is -1.59. The Balaban J connectivity index is 1.76. The molecule has 0 saturated carbocycles. The Morgan fingerprint density at radius 2 is 1.81 bits per heavy atom. The first kappa shape index (κ1) is 14.4. The van der Waals surface area contributed by atoms with Crippen LogP contribution in [0.4, 0.5) is 0 Å². The minimum Gasteiger partial charge on any atom is -0.399 e. The van der Waals surface area contributed by atoms with Crippen LogP contribution < -0.4 is 10.8 Å². The van der Waals surface area contributed by atoms with E-state index in [0.717, 1.165) is 11.2 Å². The molecule has 1 atom stereocenters. The molecule has 0 amide bonds. The molecular weight excluding hydrogens is 263 g/mol. The molecule has 3 rings (SSSR count). The third-order valence-corrected chi connectivity index (χ3v) is 4.44. The van der Waals surface area contributed by atoms with Crippen LogP contribution in [0, 0.1) is 0 Å². The van der Waals surface area contributed by atoms with E-state index in [4.69, 9.17) is 9.31 Å². The summed E-state index contributed by atoms with van der Waals surface area (Å²) in [5.41, 5.74) is 1.28. The smallest absolute Gasteiger partial charge is 0.399 e. The summed E-state index contributed by atoms with van der Waals surface area (Å²) in [6.07, 6.45) is 9.83. The number of allylic oxidation sites excluding steroid dienone is 2. The summed E-state index contributed by atoms with van der Waals surface area (Å²) in [7, 11) is -0.355. The number of nitrogens with one attached hydrogen (secondary N) is 1. The molecular formula is C16H21BN2O2. The van der Waals surface area contributed by atoms with Crippen molar-refractivity contribution < 1.29 is 9.31 Å². The van der Waals surface area contributed by atoms with Gasteiger partial charge in [0.2, 0.25) is 0 Å². The van der Waals surface area contributed by atoms with E-state index in [9.17, 15) is 0 Å². The van der Waals surface area contributed by atoms with Crippen molar-refractivity contribution in [3.05, 3.63) is 48.5 Å². The van der Waals surface area contributed by atoms with E-state index >= 15 is 0 Å². The second kappa shape index (κ2) is 5.00. The summed E-state index contributed by atoms with van der Waals surface area (Å²) in [4.78, 5) is 4.53. The number of pyridine rings is 1. The SMILES string of the molecule is CC1(C)OB(c2ccc(C3C=CC=CN3)nc2)OC1(C)C. The first-order valence-corrected chi connectivity index (χ1v) is 7.30. The molecule has 1 saturated heterocycles. The van der Waals surface area contributed by atoms with Gasteiger partial charge in [-0.25, -0.2) is 0 Å². The van der Waals surface area contributed by atoms with Gasteiger partial charge in [0.25, 0.3) is 0 Å². The molecule has 0 aliphatic carbocycles. The fourth-order valence-corrected chi connectivity index (χ4v) is 2.35. The van der Waals surface area contributed by atoms with Crippen molar-refractivity contribution in [2.45, 2.75) is 44.9 Å². The quantitative estimate of drug-likeness (QED) is 0.845. The predicted molar refractivity (Wildman–Crippen MR) is 84.1 cm³/mol. The van der Waals surface area contributed by atoms with Crippen molar-refractivity contribution in [2.75, 3.05) is 0 Å². The molecule has 21 heavy (non-hydrogen) atoms. The van der Waals surface area contributed by atoms with Crippen molar-refractivity contribution in [1.82, 2.24) is 10.3 Å². The van der Waals surface area contributed by atoms with Crippen LogP contribution in [0.5, 0.6) is 0 Å². The number of hydrogen-bond acceptors (Lipinski definition) is 4. The molecule has 2 aliphatic heterocycles. The monoisotopic (exact) mass is 284 g/mol. The predicted octanol–water partition coefficient (Wildman–Crippen LogP) is 2.09. The molecule has 4 nitrogen and oxygen atoms in total. The maximum absolute atomic E-state index is 6.03. The van der Waals surface area contributed by atoms with Gasteiger partial charge in [0.1, 0.15) is 0 Å². The normalized spacial score (nSPS) is 25.9. The van der Waals surface area contributed by atoms with Gasteiger partial charge in [-0.3, -0.25) is 4.98 Å². The zero-order chi connectivity index (χ0) is 15.1. The van der Waals surface area contributed by atoms with E-state index in [-0.39, 0.29) is 24.4 Å². The van der Waals surface area contributed by atoms with Gasteiger partial charge in [-0.15, -0.1) is 0 Å². The standard InChI is InChI=1S/C16H21BN2O2/c1-15(2)16(3,4)21-17(20-15)12-8-9-14(19-11-12)13-7-5-6-10-18-13/h5-11,13,18H,1-4H3. The summed E-state index contributed by atoms with van der Waals surface area (Å²) >= 11 is 0. The number of hydrogen-bond donors (Lipinski definition) is 1. The lowest BCUT2D eigenvalue weighted by Crippen LogP contribution is -2.41. The van der Waals surface area contributed by atoms with Gasteiger partial charge >= 0.3 is 7.12 Å². The zero-order valence-electron chi connectivity index (χ0n) is 13.0. The fraction of sp³-hybridized carbons (Fsp3) is 0.438. The molecule has 1 fully saturated rings. The van der Waals surface area contributed by atoms with Crippen molar-refractivity contribution in [3.8, 4) is 0 Å². The van der Waals surface area contributed by atoms with Crippen LogP contribution in [0.1, 0.15) is 39.4 Å². The summed E-state index contributed by atoms with van der Waals surface area (Å²) < 4.78 is 12.1. The first-order chi connectivity index (χ1) is 9.89. The van der Waals surface area contributed by atoms with Gasteiger partial charge < -0.3 is 14.6 Å². The van der Waals surface area contributed by atoms with Crippen LogP contribution in [0.15, 0.2) is 42.8 Å². The minimum atomic E-state index is -0.355. The van der Waals surface area contributed by atoms with E-state index in [0.29, 0.717) is 0 Å². The molecule has 5 heteroatoms. The van der Waals surface area contributed by atoms with E-state index in [1.165, 1.54) is 0 Å². The van der Waals surface area contributed by atoms with E-state index < -0.39 is 0 Å². The minimum absolute atomic E-state index is 0.127. The maximum atomic E-state index is 6.03. The maximum Gasteiger partial charge on any atom is 0.496 e. The molecule has 1 aromatic heterocycles. The average molecular weight is 284 g/mol. The second-order valence-corrected chi connectivity index (χ2v) is 6.49. The lowest BCUT2D eigenvalue weighted by molar-refractivity contribution is 0.00578. The number of nitrogens with zero attached hydrogens (tertiary/aromatic N) is 1. The van der Waals surface area contributed by atoms with E-state index in [1.807, 2.05) is 36.7 Å². The molecule has 2 aliphatic rings. The highest BCUT2D eigenvalue weighted by Gasteiger charge is 2.51. The van der Waals surface area contributed by atoms with Gasteiger partial charge in [0, 0.05) is 11.7 Å². The van der Waals surface area contributed by atoms with Crippen molar-refractivity contribution in [3.63, 3.8) is 0 Å². The van der Waals surface area contributed by atoms with Gasteiger partial charge in [0.15, 0.2) is 0 Å². The lowest BCUT2D eigenvalue weighted by atomic mass is 9.80. The van der Waals surface area contributed by atoms with E-state index in [2.05, 4.69) is 44.1 Å². The molecule has 0 bridgehead atoms. The molecule has 0 spiro atoms. The van der Waals surface area contributed by atoms with Crippen LogP contribution in [0.3, 0.4) is 0 Å². The highest BCUT2D eigenvalue weighted by Crippen LogP contribution is 2.36. The number of rotatable bonds is 2. The topological polar surface area (TPSA) is 43.4 Å². The number of aromatic nitrogens is 1. The first-order valence-electron chi connectivity index (χ1n) is 7.30. The molecule has 1 aromatic rings. The fourth-order valence-electron chi connectivity index (χ4n) is 2.35.